The molecule has 0 heterocycles. The zero-order valence-electron chi connectivity index (χ0n) is 18.4. The first kappa shape index (κ1) is 25.3. The first-order valence-electron chi connectivity index (χ1n) is 10.00. The average molecular weight is 468 g/mol. The fourth-order valence-corrected chi connectivity index (χ4v) is 3.97. The molecule has 0 aromatic heterocycles. The maximum atomic E-state index is 13.7. The van der Waals surface area contributed by atoms with Crippen molar-refractivity contribution in [1.82, 2.24) is 10.2 Å². The van der Waals surface area contributed by atoms with Gasteiger partial charge in [0.25, 0.3) is 0 Å². The van der Waals surface area contributed by atoms with Gasteiger partial charge in [0.05, 0.1) is 11.9 Å². The maximum Gasteiger partial charge on any atom is 0.244 e. The van der Waals surface area contributed by atoms with E-state index in [1.165, 1.54) is 4.90 Å². The lowest BCUT2D eigenvalue weighted by Gasteiger charge is -2.31. The fraction of sp³-hybridized carbons (Fsp3) is 0.364. The zero-order chi connectivity index (χ0) is 24.1. The molecule has 174 valence electrons. The number of rotatable bonds is 9. The molecule has 0 aliphatic heterocycles. The number of anilines is 1. The fourth-order valence-electron chi connectivity index (χ4n) is 3.13. The number of benzene rings is 2. The summed E-state index contributed by atoms with van der Waals surface area (Å²) in [6, 6.07) is 8.99. The number of amides is 2. The van der Waals surface area contributed by atoms with E-state index in [0.29, 0.717) is 16.9 Å². The SMILES string of the molecule is CCNC(=O)[C@@H](C)N(Cc1ccccc1C)C(=O)CN(c1ccc(F)c(F)c1)S(C)(=O)=O. The van der Waals surface area contributed by atoms with Crippen LogP contribution in [0, 0.1) is 18.6 Å². The average Bonchev–Trinajstić information content (AvgIpc) is 2.72. The molecule has 7 nitrogen and oxygen atoms in total. The van der Waals surface area contributed by atoms with Gasteiger partial charge < -0.3 is 10.2 Å². The molecule has 1 N–H and O–H groups in total. The van der Waals surface area contributed by atoms with Gasteiger partial charge in [-0.2, -0.15) is 0 Å². The topological polar surface area (TPSA) is 86.8 Å². The van der Waals surface area contributed by atoms with E-state index in [4.69, 9.17) is 0 Å². The lowest BCUT2D eigenvalue weighted by Crippen LogP contribution is -2.51. The minimum atomic E-state index is -4.02. The molecule has 0 unspecified atom stereocenters. The van der Waals surface area contributed by atoms with E-state index in [1.54, 1.807) is 19.9 Å². The molecule has 0 bridgehead atoms. The van der Waals surface area contributed by atoms with E-state index in [9.17, 15) is 26.8 Å². The lowest BCUT2D eigenvalue weighted by molar-refractivity contribution is -0.139. The number of hydrogen-bond donors (Lipinski definition) is 1. The predicted molar refractivity (Wildman–Crippen MR) is 118 cm³/mol. The number of likely N-dealkylation sites (N-methyl/N-ethyl adjacent to an activating group) is 1. The van der Waals surface area contributed by atoms with Crippen LogP contribution in [0.1, 0.15) is 25.0 Å². The summed E-state index contributed by atoms with van der Waals surface area (Å²) in [4.78, 5) is 27.0. The van der Waals surface area contributed by atoms with Crippen molar-refractivity contribution >= 4 is 27.5 Å². The van der Waals surface area contributed by atoms with E-state index in [1.807, 2.05) is 25.1 Å². The second-order valence-corrected chi connectivity index (χ2v) is 9.29. The monoisotopic (exact) mass is 467 g/mol. The van der Waals surface area contributed by atoms with Crippen molar-refractivity contribution in [3.05, 3.63) is 65.2 Å². The van der Waals surface area contributed by atoms with Gasteiger partial charge >= 0.3 is 0 Å². The summed E-state index contributed by atoms with van der Waals surface area (Å²) in [5, 5.41) is 2.65. The molecule has 0 spiro atoms. The van der Waals surface area contributed by atoms with Gasteiger partial charge in [0.1, 0.15) is 12.6 Å². The van der Waals surface area contributed by atoms with E-state index in [2.05, 4.69) is 5.32 Å². The lowest BCUT2D eigenvalue weighted by atomic mass is 10.1. The van der Waals surface area contributed by atoms with Crippen LogP contribution < -0.4 is 9.62 Å². The zero-order valence-corrected chi connectivity index (χ0v) is 19.2. The van der Waals surface area contributed by atoms with Gasteiger partial charge in [-0.3, -0.25) is 13.9 Å². The first-order valence-corrected chi connectivity index (χ1v) is 11.8. The van der Waals surface area contributed by atoms with Crippen molar-refractivity contribution in [3.63, 3.8) is 0 Å². The van der Waals surface area contributed by atoms with Gasteiger partial charge in [0, 0.05) is 19.2 Å². The highest BCUT2D eigenvalue weighted by molar-refractivity contribution is 7.92. The van der Waals surface area contributed by atoms with Crippen LogP contribution >= 0.6 is 0 Å². The summed E-state index contributed by atoms with van der Waals surface area (Å²) in [5.74, 6) is -3.44. The molecular formula is C22H27F2N3O4S. The highest BCUT2D eigenvalue weighted by atomic mass is 32.2. The third kappa shape index (κ3) is 6.25. The molecule has 0 fully saturated rings. The Morgan fingerprint density at radius 2 is 1.75 bits per heavy atom. The normalized spacial score (nSPS) is 12.2. The van der Waals surface area contributed by atoms with E-state index < -0.39 is 46.1 Å². The molecule has 2 aromatic carbocycles. The van der Waals surface area contributed by atoms with E-state index >= 15 is 0 Å². The second kappa shape index (κ2) is 10.5. The third-order valence-corrected chi connectivity index (χ3v) is 6.13. The molecule has 2 amide bonds. The number of halogens is 2. The smallest absolute Gasteiger partial charge is 0.244 e. The number of hydrogen-bond acceptors (Lipinski definition) is 4. The van der Waals surface area contributed by atoms with Crippen LogP contribution in [0.5, 0.6) is 0 Å². The highest BCUT2D eigenvalue weighted by Gasteiger charge is 2.30. The Kier molecular flexibility index (Phi) is 8.31. The van der Waals surface area contributed by atoms with Crippen LogP contribution in [0.2, 0.25) is 0 Å². The van der Waals surface area contributed by atoms with E-state index in [-0.39, 0.29) is 12.2 Å². The quantitative estimate of drug-likeness (QED) is 0.614. The van der Waals surface area contributed by atoms with Crippen LogP contribution in [0.3, 0.4) is 0 Å². The van der Waals surface area contributed by atoms with Gasteiger partial charge in [-0.05, 0) is 44.0 Å². The van der Waals surface area contributed by atoms with Gasteiger partial charge in [0.2, 0.25) is 21.8 Å². The number of nitrogens with one attached hydrogen (secondary N) is 1. The Balaban J connectivity index is 2.42. The van der Waals surface area contributed by atoms with Gasteiger partial charge in [-0.15, -0.1) is 0 Å². The highest BCUT2D eigenvalue weighted by Crippen LogP contribution is 2.22. The summed E-state index contributed by atoms with van der Waals surface area (Å²) in [5.41, 5.74) is 1.49. The molecule has 0 saturated heterocycles. The molecule has 0 aliphatic rings. The van der Waals surface area contributed by atoms with Gasteiger partial charge in [0.15, 0.2) is 11.6 Å². The van der Waals surface area contributed by atoms with Gasteiger partial charge in [-0.25, -0.2) is 17.2 Å². The molecule has 0 saturated carbocycles. The Hall–Kier alpha value is -3.01. The molecule has 2 aromatic rings. The largest absolute Gasteiger partial charge is 0.355 e. The summed E-state index contributed by atoms with van der Waals surface area (Å²) in [6.45, 7) is 4.90. The summed E-state index contributed by atoms with van der Waals surface area (Å²) in [6.07, 6.45) is 0.862. The Labute approximate surface area is 187 Å². The van der Waals surface area contributed by atoms with Crippen LogP contribution in [0.25, 0.3) is 0 Å². The Bertz CT molecular complexity index is 1090. The second-order valence-electron chi connectivity index (χ2n) is 7.39. The van der Waals surface area contributed by atoms with Crippen LogP contribution in [-0.4, -0.2) is 50.5 Å². The van der Waals surface area contributed by atoms with E-state index in [0.717, 1.165) is 29.5 Å². The number of nitrogens with zero attached hydrogens (tertiary/aromatic N) is 2. The molecule has 0 radical (unpaired) electrons. The number of aryl methyl sites for hydroxylation is 1. The van der Waals surface area contributed by atoms with Gasteiger partial charge in [-0.1, -0.05) is 24.3 Å². The van der Waals surface area contributed by atoms with Crippen molar-refractivity contribution in [1.29, 1.82) is 0 Å². The van der Waals surface area contributed by atoms with Crippen molar-refractivity contribution in [2.24, 2.45) is 0 Å². The number of carbonyl (C=O) groups is 2. The summed E-state index contributed by atoms with van der Waals surface area (Å²) in [7, 11) is -4.02. The Morgan fingerprint density at radius 3 is 2.31 bits per heavy atom. The Morgan fingerprint density at radius 1 is 1.09 bits per heavy atom. The molecule has 2 rings (SSSR count). The third-order valence-electron chi connectivity index (χ3n) is 4.99. The summed E-state index contributed by atoms with van der Waals surface area (Å²) < 4.78 is 52.5. The molecular weight excluding hydrogens is 440 g/mol. The van der Waals surface area contributed by atoms with Crippen molar-refractivity contribution in [2.45, 2.75) is 33.4 Å². The molecule has 10 heteroatoms. The standard InChI is InChI=1S/C22H27F2N3O4S/c1-5-25-22(29)16(3)26(13-17-9-7-6-8-15(17)2)21(28)14-27(32(4,30)31)18-10-11-19(23)20(24)12-18/h6-12,16H,5,13-14H2,1-4H3,(H,25,29)/t16-/m1/s1. The maximum absolute atomic E-state index is 13.7. The first-order chi connectivity index (χ1) is 15.0. The molecule has 1 atom stereocenters. The van der Waals surface area contributed by atoms with Crippen molar-refractivity contribution in [2.75, 3.05) is 23.7 Å². The predicted octanol–water partition coefficient (Wildman–Crippen LogP) is 2.59. The number of sulfonamides is 1. The summed E-state index contributed by atoms with van der Waals surface area (Å²) >= 11 is 0. The minimum absolute atomic E-state index is 0.0686. The van der Waals surface area contributed by atoms with Crippen LogP contribution in [-0.2, 0) is 26.2 Å². The minimum Gasteiger partial charge on any atom is -0.355 e. The number of carbonyl (C=O) groups excluding carboxylic acids is 2. The molecule has 32 heavy (non-hydrogen) atoms. The van der Waals surface area contributed by atoms with Crippen LogP contribution in [0.15, 0.2) is 42.5 Å². The van der Waals surface area contributed by atoms with Crippen molar-refractivity contribution < 1.29 is 26.8 Å². The van der Waals surface area contributed by atoms with Crippen molar-refractivity contribution in [3.8, 4) is 0 Å². The molecule has 0 aliphatic carbocycles. The van der Waals surface area contributed by atoms with Crippen LogP contribution in [0.4, 0.5) is 14.5 Å².